The van der Waals surface area contributed by atoms with Gasteiger partial charge in [-0.1, -0.05) is 25.1 Å². The summed E-state index contributed by atoms with van der Waals surface area (Å²) < 4.78 is 5.72. The molecule has 0 fully saturated rings. The Kier molecular flexibility index (Phi) is 4.12. The molecule has 0 aliphatic heterocycles. The number of anilines is 1. The van der Waals surface area contributed by atoms with Crippen LogP contribution in [0.25, 0.3) is 0 Å². The average molecular weight is 243 g/mol. The molecule has 2 aromatic rings. The number of aryl methyl sites for hydroxylation is 1. The van der Waals surface area contributed by atoms with Gasteiger partial charge in [-0.15, -0.1) is 0 Å². The maximum Gasteiger partial charge on any atom is 0.224 e. The minimum atomic E-state index is 0.573. The highest BCUT2D eigenvalue weighted by molar-refractivity contribution is 5.40. The number of para-hydroxylation sites is 1. The summed E-state index contributed by atoms with van der Waals surface area (Å²) in [6.45, 7) is 4.88. The third kappa shape index (κ3) is 3.20. The third-order valence-electron chi connectivity index (χ3n) is 2.39. The molecule has 4 nitrogen and oxygen atoms in total. The first kappa shape index (κ1) is 12.4. The van der Waals surface area contributed by atoms with Crippen molar-refractivity contribution in [3.05, 3.63) is 42.2 Å². The van der Waals surface area contributed by atoms with Crippen LogP contribution in [-0.2, 0) is 6.42 Å². The molecule has 0 aliphatic rings. The molecule has 0 unspecified atom stereocenters. The van der Waals surface area contributed by atoms with Crippen molar-refractivity contribution < 1.29 is 4.74 Å². The van der Waals surface area contributed by atoms with Crippen molar-refractivity contribution >= 4 is 5.82 Å². The molecule has 18 heavy (non-hydrogen) atoms. The number of aromatic nitrogens is 2. The highest BCUT2D eigenvalue weighted by atomic mass is 16.5. The molecule has 0 aliphatic carbocycles. The first-order chi connectivity index (χ1) is 8.81. The summed E-state index contributed by atoms with van der Waals surface area (Å²) in [6, 6.07) is 11.4. The van der Waals surface area contributed by atoms with Gasteiger partial charge in [0.1, 0.15) is 17.4 Å². The fourth-order valence-corrected chi connectivity index (χ4v) is 1.56. The molecule has 2 rings (SSSR count). The fraction of sp³-hybridized carbons (Fsp3) is 0.286. The minimum absolute atomic E-state index is 0.573. The summed E-state index contributed by atoms with van der Waals surface area (Å²) in [4.78, 5) is 8.74. The van der Waals surface area contributed by atoms with Crippen molar-refractivity contribution in [2.24, 2.45) is 0 Å². The quantitative estimate of drug-likeness (QED) is 0.875. The first-order valence-corrected chi connectivity index (χ1v) is 6.16. The summed E-state index contributed by atoms with van der Waals surface area (Å²) in [6.07, 6.45) is 0.782. The molecule has 0 spiro atoms. The Labute approximate surface area is 107 Å². The van der Waals surface area contributed by atoms with Gasteiger partial charge in [0, 0.05) is 19.0 Å². The van der Waals surface area contributed by atoms with Crippen molar-refractivity contribution in [3.8, 4) is 11.6 Å². The van der Waals surface area contributed by atoms with E-state index in [9.17, 15) is 0 Å². The number of hydrogen-bond donors (Lipinski definition) is 1. The highest BCUT2D eigenvalue weighted by Gasteiger charge is 2.04. The molecule has 0 radical (unpaired) electrons. The van der Waals surface area contributed by atoms with Crippen molar-refractivity contribution in [1.29, 1.82) is 0 Å². The van der Waals surface area contributed by atoms with Gasteiger partial charge < -0.3 is 10.1 Å². The van der Waals surface area contributed by atoms with Crippen molar-refractivity contribution in [1.82, 2.24) is 9.97 Å². The van der Waals surface area contributed by atoms with E-state index >= 15 is 0 Å². The Balaban J connectivity index is 2.24. The van der Waals surface area contributed by atoms with E-state index in [1.165, 1.54) is 0 Å². The van der Waals surface area contributed by atoms with Gasteiger partial charge in [-0.3, -0.25) is 0 Å². The topological polar surface area (TPSA) is 47.0 Å². The second-order valence-electron chi connectivity index (χ2n) is 3.81. The summed E-state index contributed by atoms with van der Waals surface area (Å²) in [5.74, 6) is 2.93. The largest absolute Gasteiger partial charge is 0.439 e. The Hall–Kier alpha value is -2.10. The van der Waals surface area contributed by atoms with Crippen LogP contribution < -0.4 is 10.1 Å². The van der Waals surface area contributed by atoms with Gasteiger partial charge in [-0.05, 0) is 19.1 Å². The van der Waals surface area contributed by atoms with Crippen LogP contribution in [0.1, 0.15) is 19.7 Å². The number of hydrogen-bond acceptors (Lipinski definition) is 4. The maximum absolute atomic E-state index is 5.72. The van der Waals surface area contributed by atoms with Crippen LogP contribution in [0.5, 0.6) is 11.6 Å². The number of nitrogens with zero attached hydrogens (tertiary/aromatic N) is 2. The molecular weight excluding hydrogens is 226 g/mol. The van der Waals surface area contributed by atoms with Crippen LogP contribution in [0.3, 0.4) is 0 Å². The van der Waals surface area contributed by atoms with Crippen molar-refractivity contribution in [3.63, 3.8) is 0 Å². The minimum Gasteiger partial charge on any atom is -0.439 e. The number of ether oxygens (including phenoxy) is 1. The van der Waals surface area contributed by atoms with Crippen LogP contribution in [0.4, 0.5) is 5.82 Å². The third-order valence-corrected chi connectivity index (χ3v) is 2.39. The van der Waals surface area contributed by atoms with Gasteiger partial charge >= 0.3 is 0 Å². The molecule has 94 valence electrons. The Morgan fingerprint density at radius 3 is 2.56 bits per heavy atom. The number of benzene rings is 1. The first-order valence-electron chi connectivity index (χ1n) is 6.16. The average Bonchev–Trinajstić information content (AvgIpc) is 2.40. The zero-order valence-corrected chi connectivity index (χ0v) is 10.7. The lowest BCUT2D eigenvalue weighted by Gasteiger charge is -2.09. The Morgan fingerprint density at radius 2 is 1.89 bits per heavy atom. The zero-order chi connectivity index (χ0) is 12.8. The monoisotopic (exact) mass is 243 g/mol. The molecule has 0 saturated heterocycles. The summed E-state index contributed by atoms with van der Waals surface area (Å²) in [5, 5.41) is 3.18. The van der Waals surface area contributed by atoms with Crippen LogP contribution in [0.2, 0.25) is 0 Å². The summed E-state index contributed by atoms with van der Waals surface area (Å²) in [5.41, 5.74) is 0. The van der Waals surface area contributed by atoms with Crippen molar-refractivity contribution in [2.45, 2.75) is 20.3 Å². The molecular formula is C14H17N3O. The standard InChI is InChI=1S/C14H17N3O/c1-3-12-16-13(15-4-2)10-14(17-12)18-11-8-6-5-7-9-11/h5-10H,3-4H2,1-2H3,(H,15,16,17). The summed E-state index contributed by atoms with van der Waals surface area (Å²) >= 11 is 0. The molecule has 0 saturated carbocycles. The van der Waals surface area contributed by atoms with E-state index in [1.807, 2.05) is 50.2 Å². The van der Waals surface area contributed by atoms with E-state index < -0.39 is 0 Å². The zero-order valence-electron chi connectivity index (χ0n) is 10.7. The van der Waals surface area contributed by atoms with Gasteiger partial charge in [0.2, 0.25) is 5.88 Å². The van der Waals surface area contributed by atoms with Crippen LogP contribution in [0.15, 0.2) is 36.4 Å². The lowest BCUT2D eigenvalue weighted by molar-refractivity contribution is 0.459. The van der Waals surface area contributed by atoms with E-state index in [0.29, 0.717) is 5.88 Å². The van der Waals surface area contributed by atoms with E-state index in [0.717, 1.165) is 30.4 Å². The second-order valence-corrected chi connectivity index (χ2v) is 3.81. The van der Waals surface area contributed by atoms with E-state index in [-0.39, 0.29) is 0 Å². The van der Waals surface area contributed by atoms with E-state index in [4.69, 9.17) is 4.74 Å². The SMILES string of the molecule is CCNc1cc(Oc2ccccc2)nc(CC)n1. The van der Waals surface area contributed by atoms with Crippen LogP contribution in [0, 0.1) is 0 Å². The number of rotatable bonds is 5. The van der Waals surface area contributed by atoms with Crippen molar-refractivity contribution in [2.75, 3.05) is 11.9 Å². The molecule has 1 aromatic carbocycles. The molecule has 1 aromatic heterocycles. The van der Waals surface area contributed by atoms with Gasteiger partial charge in [-0.25, -0.2) is 4.98 Å². The van der Waals surface area contributed by atoms with E-state index in [1.54, 1.807) is 0 Å². The lowest BCUT2D eigenvalue weighted by atomic mass is 10.3. The lowest BCUT2D eigenvalue weighted by Crippen LogP contribution is -2.04. The molecule has 0 bridgehead atoms. The maximum atomic E-state index is 5.72. The molecule has 1 N–H and O–H groups in total. The smallest absolute Gasteiger partial charge is 0.224 e. The highest BCUT2D eigenvalue weighted by Crippen LogP contribution is 2.21. The number of nitrogens with one attached hydrogen (secondary N) is 1. The van der Waals surface area contributed by atoms with E-state index in [2.05, 4.69) is 15.3 Å². The predicted octanol–water partition coefficient (Wildman–Crippen LogP) is 3.26. The van der Waals surface area contributed by atoms with Gasteiger partial charge in [0.05, 0.1) is 0 Å². The molecule has 4 heteroatoms. The van der Waals surface area contributed by atoms with Crippen LogP contribution in [-0.4, -0.2) is 16.5 Å². The Bertz CT molecular complexity index is 500. The summed E-state index contributed by atoms with van der Waals surface area (Å²) in [7, 11) is 0. The van der Waals surface area contributed by atoms with Gasteiger partial charge in [0.15, 0.2) is 0 Å². The molecule has 1 heterocycles. The second kappa shape index (κ2) is 6.00. The molecule has 0 amide bonds. The van der Waals surface area contributed by atoms with Gasteiger partial charge in [0.25, 0.3) is 0 Å². The normalized spacial score (nSPS) is 10.1. The fourth-order valence-electron chi connectivity index (χ4n) is 1.56. The molecule has 0 atom stereocenters. The predicted molar refractivity (Wildman–Crippen MR) is 72.1 cm³/mol. The Morgan fingerprint density at radius 1 is 1.11 bits per heavy atom. The van der Waals surface area contributed by atoms with Crippen LogP contribution >= 0.6 is 0 Å². The van der Waals surface area contributed by atoms with Gasteiger partial charge in [-0.2, -0.15) is 4.98 Å².